The Morgan fingerprint density at radius 1 is 1.26 bits per heavy atom. The van der Waals surface area contributed by atoms with Crippen LogP contribution < -0.4 is 10.1 Å². The molecule has 4 nitrogen and oxygen atoms in total. The molecule has 0 radical (unpaired) electrons. The first kappa shape index (κ1) is 20.4. The summed E-state index contributed by atoms with van der Waals surface area (Å²) in [6.45, 7) is 0.722. The highest BCUT2D eigenvalue weighted by Gasteiger charge is 2.22. The van der Waals surface area contributed by atoms with Crippen LogP contribution in [0.15, 0.2) is 33.2 Å². The van der Waals surface area contributed by atoms with E-state index in [1.165, 1.54) is 12.8 Å². The van der Waals surface area contributed by atoms with Gasteiger partial charge in [0, 0.05) is 17.1 Å². The molecule has 0 saturated heterocycles. The Labute approximate surface area is 178 Å². The van der Waals surface area contributed by atoms with E-state index in [9.17, 15) is 9.18 Å². The fourth-order valence-electron chi connectivity index (χ4n) is 2.63. The number of anilines is 1. The lowest BCUT2D eigenvalue weighted by Gasteiger charge is -2.15. The van der Waals surface area contributed by atoms with Crippen molar-refractivity contribution in [3.63, 3.8) is 0 Å². The minimum Gasteiger partial charge on any atom is -0.486 e. The van der Waals surface area contributed by atoms with Gasteiger partial charge >= 0.3 is 5.97 Å². The van der Waals surface area contributed by atoms with Gasteiger partial charge in [0.1, 0.15) is 12.4 Å². The van der Waals surface area contributed by atoms with E-state index in [4.69, 9.17) is 21.4 Å². The molecular weight excluding hydrogens is 504 g/mol. The number of nitrogens with one attached hydrogen (secondary N) is 1. The second-order valence-corrected chi connectivity index (χ2v) is 8.64. The summed E-state index contributed by atoms with van der Waals surface area (Å²) in [7, 11) is 0. The van der Waals surface area contributed by atoms with Crippen LogP contribution in [0.3, 0.4) is 0 Å². The van der Waals surface area contributed by atoms with E-state index in [0.29, 0.717) is 42.4 Å². The summed E-state index contributed by atoms with van der Waals surface area (Å²) in [6, 6.07) is 6.46. The quantitative estimate of drug-likeness (QED) is 0.445. The molecule has 1 aliphatic rings. The maximum Gasteiger partial charge on any atom is 0.307 e. The van der Waals surface area contributed by atoms with Gasteiger partial charge in [0.05, 0.1) is 21.1 Å². The number of rotatable bonds is 8. The molecule has 144 valence electrons. The first-order valence-electron chi connectivity index (χ1n) is 8.37. The number of aliphatic carboxylic acids is 1. The summed E-state index contributed by atoms with van der Waals surface area (Å²) in [5.74, 6) is -0.222. The molecule has 2 aromatic carbocycles. The van der Waals surface area contributed by atoms with Gasteiger partial charge < -0.3 is 15.2 Å². The van der Waals surface area contributed by atoms with E-state index in [1.807, 2.05) is 0 Å². The summed E-state index contributed by atoms with van der Waals surface area (Å²) in [5.41, 5.74) is 1.34. The fraction of sp³-hybridized carbons (Fsp3) is 0.316. The molecule has 8 heteroatoms. The highest BCUT2D eigenvalue weighted by Crippen LogP contribution is 2.36. The van der Waals surface area contributed by atoms with Gasteiger partial charge in [-0.25, -0.2) is 4.39 Å². The molecule has 1 saturated carbocycles. The molecule has 0 bridgehead atoms. The van der Waals surface area contributed by atoms with Crippen LogP contribution in [-0.4, -0.2) is 17.6 Å². The van der Waals surface area contributed by atoms with Gasteiger partial charge in [-0.3, -0.25) is 4.79 Å². The SMILES string of the molecule is O=C(O)Cc1cc(Br)c(OCc2cc(Cl)cc(NCC3CC3)c2F)c(Br)c1. The van der Waals surface area contributed by atoms with Crippen molar-refractivity contribution in [2.45, 2.75) is 25.9 Å². The monoisotopic (exact) mass is 519 g/mol. The standard InChI is InChI=1S/C19H17Br2ClFNO3/c20-14-3-11(5-17(25)26)4-15(21)19(14)27-9-12-6-13(22)7-16(18(12)23)24-8-10-1-2-10/h3-4,6-7,10,24H,1-2,5,8-9H2,(H,25,26). The number of hydrogen-bond donors (Lipinski definition) is 2. The Morgan fingerprint density at radius 3 is 2.52 bits per heavy atom. The van der Waals surface area contributed by atoms with Crippen molar-refractivity contribution in [3.8, 4) is 5.75 Å². The van der Waals surface area contributed by atoms with Crippen molar-refractivity contribution in [2.24, 2.45) is 5.92 Å². The Balaban J connectivity index is 1.75. The van der Waals surface area contributed by atoms with Crippen LogP contribution in [-0.2, 0) is 17.8 Å². The van der Waals surface area contributed by atoms with Crippen LogP contribution in [0, 0.1) is 11.7 Å². The van der Waals surface area contributed by atoms with Crippen molar-refractivity contribution >= 4 is 55.1 Å². The first-order chi connectivity index (χ1) is 12.8. The van der Waals surface area contributed by atoms with E-state index < -0.39 is 5.97 Å². The van der Waals surface area contributed by atoms with Crippen molar-refractivity contribution in [2.75, 3.05) is 11.9 Å². The van der Waals surface area contributed by atoms with Gasteiger partial charge in [-0.1, -0.05) is 11.6 Å². The van der Waals surface area contributed by atoms with Crippen LogP contribution >= 0.6 is 43.5 Å². The Hall–Kier alpha value is -1.31. The number of hydrogen-bond acceptors (Lipinski definition) is 3. The average Bonchev–Trinajstić information content (AvgIpc) is 3.39. The summed E-state index contributed by atoms with van der Waals surface area (Å²) in [4.78, 5) is 10.9. The van der Waals surface area contributed by atoms with E-state index in [0.717, 1.165) is 6.54 Å². The Bertz CT molecular complexity index is 851. The highest BCUT2D eigenvalue weighted by atomic mass is 79.9. The number of benzene rings is 2. The lowest BCUT2D eigenvalue weighted by atomic mass is 10.1. The van der Waals surface area contributed by atoms with Crippen LogP contribution in [0.2, 0.25) is 5.02 Å². The summed E-state index contributed by atoms with van der Waals surface area (Å²) in [5, 5.41) is 12.5. The van der Waals surface area contributed by atoms with Gasteiger partial charge in [-0.2, -0.15) is 0 Å². The number of carboxylic acid groups (broad SMARTS) is 1. The van der Waals surface area contributed by atoms with Crippen molar-refractivity contribution < 1.29 is 19.0 Å². The predicted molar refractivity (Wildman–Crippen MR) is 110 cm³/mol. The lowest BCUT2D eigenvalue weighted by molar-refractivity contribution is -0.136. The minimum absolute atomic E-state index is 0.0139. The molecule has 0 aromatic heterocycles. The van der Waals surface area contributed by atoms with E-state index in [2.05, 4.69) is 37.2 Å². The first-order valence-corrected chi connectivity index (χ1v) is 10.3. The number of halogens is 4. The lowest BCUT2D eigenvalue weighted by Crippen LogP contribution is -2.08. The normalized spacial score (nSPS) is 13.5. The maximum atomic E-state index is 14.7. The number of ether oxygens (including phenoxy) is 1. The molecule has 27 heavy (non-hydrogen) atoms. The van der Waals surface area contributed by atoms with Crippen molar-refractivity contribution in [1.29, 1.82) is 0 Å². The summed E-state index contributed by atoms with van der Waals surface area (Å²) >= 11 is 12.9. The van der Waals surface area contributed by atoms with Crippen LogP contribution in [0.1, 0.15) is 24.0 Å². The molecule has 0 atom stereocenters. The van der Waals surface area contributed by atoms with Crippen molar-refractivity contribution in [3.05, 3.63) is 55.2 Å². The smallest absolute Gasteiger partial charge is 0.307 e. The summed E-state index contributed by atoms with van der Waals surface area (Å²) in [6.07, 6.45) is 2.24. The molecule has 1 aliphatic carbocycles. The second kappa shape index (κ2) is 8.80. The highest BCUT2D eigenvalue weighted by molar-refractivity contribution is 9.11. The van der Waals surface area contributed by atoms with E-state index in [-0.39, 0.29) is 18.8 Å². The van der Waals surface area contributed by atoms with Crippen LogP contribution in [0.25, 0.3) is 0 Å². The van der Waals surface area contributed by atoms with E-state index >= 15 is 0 Å². The fourth-order valence-corrected chi connectivity index (χ4v) is 4.38. The van der Waals surface area contributed by atoms with E-state index in [1.54, 1.807) is 24.3 Å². The third-order valence-corrected chi connectivity index (χ3v) is 5.57. The van der Waals surface area contributed by atoms with Crippen molar-refractivity contribution in [1.82, 2.24) is 0 Å². The third kappa shape index (κ3) is 5.59. The second-order valence-electron chi connectivity index (χ2n) is 6.50. The average molecular weight is 522 g/mol. The molecule has 1 fully saturated rings. The van der Waals surface area contributed by atoms with Crippen LogP contribution in [0.5, 0.6) is 5.75 Å². The van der Waals surface area contributed by atoms with Gasteiger partial charge in [0.15, 0.2) is 5.82 Å². The number of carboxylic acids is 1. The predicted octanol–water partition coefficient (Wildman–Crippen LogP) is 6.03. The molecule has 3 rings (SSSR count). The van der Waals surface area contributed by atoms with Gasteiger partial charge in [-0.05, 0) is 80.4 Å². The molecule has 0 aliphatic heterocycles. The zero-order chi connectivity index (χ0) is 19.6. The van der Waals surface area contributed by atoms with Gasteiger partial charge in [0.2, 0.25) is 0 Å². The molecule has 2 aromatic rings. The van der Waals surface area contributed by atoms with Gasteiger partial charge in [-0.15, -0.1) is 0 Å². The minimum atomic E-state index is -0.922. The molecule has 2 N–H and O–H groups in total. The summed E-state index contributed by atoms with van der Waals surface area (Å²) < 4.78 is 21.7. The molecular formula is C19H17Br2ClFNO3. The topological polar surface area (TPSA) is 58.6 Å². The largest absolute Gasteiger partial charge is 0.486 e. The van der Waals surface area contributed by atoms with Crippen LogP contribution in [0.4, 0.5) is 10.1 Å². The zero-order valence-electron chi connectivity index (χ0n) is 14.2. The van der Waals surface area contributed by atoms with Gasteiger partial charge in [0.25, 0.3) is 0 Å². The molecule has 0 amide bonds. The Morgan fingerprint density at radius 2 is 1.93 bits per heavy atom. The molecule has 0 unspecified atom stereocenters. The molecule has 0 spiro atoms. The maximum absolute atomic E-state index is 14.7. The molecule has 0 heterocycles. The third-order valence-electron chi connectivity index (χ3n) is 4.18. The zero-order valence-corrected chi connectivity index (χ0v) is 18.1. The Kier molecular flexibility index (Phi) is 6.65. The number of carbonyl (C=O) groups is 1.